The van der Waals surface area contributed by atoms with Crippen LogP contribution in [0.1, 0.15) is 49.9 Å². The predicted octanol–water partition coefficient (Wildman–Crippen LogP) is 4.71. The average Bonchev–Trinajstić information content (AvgIpc) is 2.43. The number of aromatic nitrogens is 2. The van der Waals surface area contributed by atoms with Crippen molar-refractivity contribution in [1.29, 1.82) is 0 Å². The highest BCUT2D eigenvalue weighted by Gasteiger charge is 2.10. The smallest absolute Gasteiger partial charge is 0.161 e. The number of rotatable bonds is 5. The molecular formula is C18H25N3. The number of nitrogens with one attached hydrogen (secondary N) is 1. The van der Waals surface area contributed by atoms with Crippen LogP contribution in [-0.4, -0.2) is 16.5 Å². The predicted molar refractivity (Wildman–Crippen MR) is 89.8 cm³/mol. The van der Waals surface area contributed by atoms with Gasteiger partial charge in [0.2, 0.25) is 0 Å². The fourth-order valence-electron chi connectivity index (χ4n) is 2.34. The highest BCUT2D eigenvalue weighted by molar-refractivity contribution is 5.60. The Morgan fingerprint density at radius 2 is 1.67 bits per heavy atom. The summed E-state index contributed by atoms with van der Waals surface area (Å²) in [6.07, 6.45) is 1.08. The fraction of sp³-hybridized carbons (Fsp3) is 0.444. The van der Waals surface area contributed by atoms with E-state index in [0.717, 1.165) is 35.9 Å². The Hall–Kier alpha value is -1.90. The molecule has 0 aliphatic carbocycles. The van der Waals surface area contributed by atoms with Gasteiger partial charge in [-0.2, -0.15) is 0 Å². The maximum atomic E-state index is 4.74. The number of anilines is 1. The highest BCUT2D eigenvalue weighted by atomic mass is 15.0. The van der Waals surface area contributed by atoms with Gasteiger partial charge in [-0.1, -0.05) is 38.0 Å². The van der Waals surface area contributed by atoms with Crippen molar-refractivity contribution in [2.75, 3.05) is 11.9 Å². The maximum absolute atomic E-state index is 4.74. The Morgan fingerprint density at radius 1 is 1.00 bits per heavy atom. The molecule has 0 fully saturated rings. The minimum atomic E-state index is 0.389. The van der Waals surface area contributed by atoms with Gasteiger partial charge in [0.05, 0.1) is 0 Å². The van der Waals surface area contributed by atoms with Gasteiger partial charge < -0.3 is 5.32 Å². The lowest BCUT2D eigenvalue weighted by molar-refractivity contribution is 0.815. The van der Waals surface area contributed by atoms with Gasteiger partial charge in [0.25, 0.3) is 0 Å². The molecule has 0 aliphatic heterocycles. The SMILES string of the molecule is CCCNc1cc(C(C)C)nc(-c2cc(C)cc(C)c2)n1. The van der Waals surface area contributed by atoms with Gasteiger partial charge in [-0.15, -0.1) is 0 Å². The van der Waals surface area contributed by atoms with Crippen LogP contribution in [0.4, 0.5) is 5.82 Å². The monoisotopic (exact) mass is 283 g/mol. The van der Waals surface area contributed by atoms with Crippen molar-refractivity contribution < 1.29 is 0 Å². The van der Waals surface area contributed by atoms with Gasteiger partial charge in [-0.05, 0) is 38.3 Å². The van der Waals surface area contributed by atoms with Crippen molar-refractivity contribution in [3.05, 3.63) is 41.1 Å². The third kappa shape index (κ3) is 4.03. The van der Waals surface area contributed by atoms with Crippen LogP contribution >= 0.6 is 0 Å². The zero-order valence-corrected chi connectivity index (χ0v) is 13.7. The quantitative estimate of drug-likeness (QED) is 0.863. The average molecular weight is 283 g/mol. The second-order valence-electron chi connectivity index (χ2n) is 5.96. The first-order chi connectivity index (χ1) is 9.99. The lowest BCUT2D eigenvalue weighted by Crippen LogP contribution is -2.06. The third-order valence-electron chi connectivity index (χ3n) is 3.37. The Kier molecular flexibility index (Phi) is 4.94. The molecule has 3 heteroatoms. The highest BCUT2D eigenvalue weighted by Crippen LogP contribution is 2.23. The van der Waals surface area contributed by atoms with Crippen LogP contribution in [0.2, 0.25) is 0 Å². The van der Waals surface area contributed by atoms with Gasteiger partial charge in [0.15, 0.2) is 5.82 Å². The zero-order valence-electron chi connectivity index (χ0n) is 13.7. The van der Waals surface area contributed by atoms with Gasteiger partial charge >= 0.3 is 0 Å². The third-order valence-corrected chi connectivity index (χ3v) is 3.37. The van der Waals surface area contributed by atoms with Crippen molar-refractivity contribution >= 4 is 5.82 Å². The van der Waals surface area contributed by atoms with E-state index in [9.17, 15) is 0 Å². The lowest BCUT2D eigenvalue weighted by Gasteiger charge is -2.12. The molecule has 1 heterocycles. The minimum Gasteiger partial charge on any atom is -0.370 e. The van der Waals surface area contributed by atoms with E-state index in [4.69, 9.17) is 4.98 Å². The van der Waals surface area contributed by atoms with Crippen molar-refractivity contribution in [2.24, 2.45) is 0 Å². The molecule has 0 bridgehead atoms. The van der Waals surface area contributed by atoms with Crippen LogP contribution in [0.3, 0.4) is 0 Å². The molecular weight excluding hydrogens is 258 g/mol. The molecule has 2 rings (SSSR count). The molecule has 1 N–H and O–H groups in total. The molecule has 0 amide bonds. The van der Waals surface area contributed by atoms with Crippen molar-refractivity contribution in [3.8, 4) is 11.4 Å². The molecule has 3 nitrogen and oxygen atoms in total. The summed E-state index contributed by atoms with van der Waals surface area (Å²) < 4.78 is 0. The van der Waals surface area contributed by atoms with Gasteiger partial charge in [0, 0.05) is 23.9 Å². The molecule has 0 radical (unpaired) electrons. The summed E-state index contributed by atoms with van der Waals surface area (Å²) in [6.45, 7) is 11.6. The number of aryl methyl sites for hydroxylation is 2. The van der Waals surface area contributed by atoms with Crippen molar-refractivity contribution in [3.63, 3.8) is 0 Å². The molecule has 0 spiro atoms. The molecule has 0 aliphatic rings. The first kappa shape index (κ1) is 15.5. The summed E-state index contributed by atoms with van der Waals surface area (Å²) in [6, 6.07) is 8.53. The minimum absolute atomic E-state index is 0.389. The summed E-state index contributed by atoms with van der Waals surface area (Å²) >= 11 is 0. The second kappa shape index (κ2) is 6.70. The van der Waals surface area contributed by atoms with Crippen molar-refractivity contribution in [2.45, 2.75) is 47.0 Å². The van der Waals surface area contributed by atoms with E-state index in [1.54, 1.807) is 0 Å². The Morgan fingerprint density at radius 3 is 2.24 bits per heavy atom. The van der Waals surface area contributed by atoms with Gasteiger partial charge in [-0.25, -0.2) is 9.97 Å². The largest absolute Gasteiger partial charge is 0.370 e. The molecule has 0 saturated carbocycles. The zero-order chi connectivity index (χ0) is 15.4. The van der Waals surface area contributed by atoms with Crippen LogP contribution in [-0.2, 0) is 0 Å². The number of hydrogen-bond donors (Lipinski definition) is 1. The van der Waals surface area contributed by atoms with E-state index in [1.807, 2.05) is 0 Å². The summed E-state index contributed by atoms with van der Waals surface area (Å²) in [7, 11) is 0. The van der Waals surface area contributed by atoms with E-state index < -0.39 is 0 Å². The molecule has 0 saturated heterocycles. The molecule has 21 heavy (non-hydrogen) atoms. The Balaban J connectivity index is 2.48. The molecule has 0 unspecified atom stereocenters. The summed E-state index contributed by atoms with van der Waals surface area (Å²) in [5, 5.41) is 3.38. The summed E-state index contributed by atoms with van der Waals surface area (Å²) in [4.78, 5) is 9.43. The molecule has 1 aromatic heterocycles. The van der Waals surface area contributed by atoms with Crippen LogP contribution in [0.5, 0.6) is 0 Å². The van der Waals surface area contributed by atoms with Crippen LogP contribution in [0.15, 0.2) is 24.3 Å². The normalized spacial score (nSPS) is 11.0. The van der Waals surface area contributed by atoms with E-state index >= 15 is 0 Å². The molecule has 112 valence electrons. The van der Waals surface area contributed by atoms with Crippen LogP contribution < -0.4 is 5.32 Å². The maximum Gasteiger partial charge on any atom is 0.161 e. The second-order valence-corrected chi connectivity index (χ2v) is 5.96. The molecule has 2 aromatic rings. The molecule has 1 aromatic carbocycles. The fourth-order valence-corrected chi connectivity index (χ4v) is 2.34. The van der Waals surface area contributed by atoms with E-state index in [0.29, 0.717) is 5.92 Å². The Bertz CT molecular complexity index is 598. The topological polar surface area (TPSA) is 37.8 Å². The standard InChI is InChI=1S/C18H25N3/c1-6-7-19-17-11-16(12(2)3)20-18(21-17)15-9-13(4)8-14(5)10-15/h8-12H,6-7H2,1-5H3,(H,19,20,21). The summed E-state index contributed by atoms with van der Waals surface area (Å²) in [5.41, 5.74) is 4.66. The van der Waals surface area contributed by atoms with Gasteiger partial charge in [0.1, 0.15) is 5.82 Å². The summed E-state index contributed by atoms with van der Waals surface area (Å²) in [5.74, 6) is 2.12. The number of hydrogen-bond acceptors (Lipinski definition) is 3. The first-order valence-electron chi connectivity index (χ1n) is 7.71. The van der Waals surface area contributed by atoms with Crippen LogP contribution in [0, 0.1) is 13.8 Å². The number of nitrogens with zero attached hydrogens (tertiary/aromatic N) is 2. The van der Waals surface area contributed by atoms with Crippen LogP contribution in [0.25, 0.3) is 11.4 Å². The van der Waals surface area contributed by atoms with E-state index in [2.05, 4.69) is 69.2 Å². The Labute approximate surface area is 127 Å². The number of benzene rings is 1. The van der Waals surface area contributed by atoms with Gasteiger partial charge in [-0.3, -0.25) is 0 Å². The van der Waals surface area contributed by atoms with E-state index in [-0.39, 0.29) is 0 Å². The van der Waals surface area contributed by atoms with Crippen molar-refractivity contribution in [1.82, 2.24) is 9.97 Å². The molecule has 0 atom stereocenters. The lowest BCUT2D eigenvalue weighted by atomic mass is 10.1. The van der Waals surface area contributed by atoms with E-state index in [1.165, 1.54) is 11.1 Å². The first-order valence-corrected chi connectivity index (χ1v) is 7.71.